The number of hydrogen-bond donors (Lipinski definition) is 1. The predicted molar refractivity (Wildman–Crippen MR) is 141 cm³/mol. The smallest absolute Gasteiger partial charge is 0.190 e. The first-order valence-corrected chi connectivity index (χ1v) is 20.6. The van der Waals surface area contributed by atoms with Crippen LogP contribution in [0, 0.1) is 0 Å². The Morgan fingerprint density at radius 3 is 1.52 bits per heavy atom. The maximum Gasteiger partial charge on any atom is 0.190 e. The van der Waals surface area contributed by atoms with Gasteiger partial charge in [0.1, 0.15) is 0 Å². The SMILES string of the molecule is CCCCCCCC[Si](C)(CCCCCCCC)OC(C)(C)[SiH2]CC[Si](C)(C)O. The largest absolute Gasteiger partial charge is 0.432 e. The minimum absolute atomic E-state index is 0.102. The summed E-state index contributed by atoms with van der Waals surface area (Å²) >= 11 is 0. The maximum absolute atomic E-state index is 10.2. The number of unbranched alkanes of at least 4 members (excludes halogenated alkanes) is 10. The molecule has 2 nitrogen and oxygen atoms in total. The van der Waals surface area contributed by atoms with Gasteiger partial charge in [-0.25, -0.2) is 0 Å². The van der Waals surface area contributed by atoms with Crippen LogP contribution in [0.25, 0.3) is 0 Å². The quantitative estimate of drug-likeness (QED) is 0.148. The van der Waals surface area contributed by atoms with Gasteiger partial charge in [0.05, 0.1) is 9.52 Å². The summed E-state index contributed by atoms with van der Waals surface area (Å²) in [7, 11) is -3.85. The molecule has 0 aliphatic rings. The average molecular weight is 461 g/mol. The van der Waals surface area contributed by atoms with E-state index in [4.69, 9.17) is 4.43 Å². The van der Waals surface area contributed by atoms with Crippen molar-refractivity contribution in [1.82, 2.24) is 0 Å². The lowest BCUT2D eigenvalue weighted by atomic mass is 10.1. The summed E-state index contributed by atoms with van der Waals surface area (Å²) in [6.45, 7) is 16.0. The third-order valence-corrected chi connectivity index (χ3v) is 14.7. The molecular weight excluding hydrogens is 405 g/mol. The third kappa shape index (κ3) is 19.0. The normalized spacial score (nSPS) is 13.7. The fourth-order valence-corrected chi connectivity index (χ4v) is 14.7. The molecule has 0 bridgehead atoms. The Labute approximate surface area is 189 Å². The molecule has 0 saturated heterocycles. The van der Waals surface area contributed by atoms with E-state index in [0.717, 1.165) is 6.04 Å². The lowest BCUT2D eigenvalue weighted by Crippen LogP contribution is -2.46. The van der Waals surface area contributed by atoms with Crippen LogP contribution in [0.1, 0.15) is 105 Å². The summed E-state index contributed by atoms with van der Waals surface area (Å²) in [4.78, 5) is 10.2. The van der Waals surface area contributed by atoms with E-state index in [-0.39, 0.29) is 14.7 Å². The molecule has 0 spiro atoms. The molecule has 0 aromatic rings. The molecule has 0 amide bonds. The van der Waals surface area contributed by atoms with Crippen LogP contribution >= 0.6 is 0 Å². The monoisotopic (exact) mass is 460 g/mol. The van der Waals surface area contributed by atoms with Crippen molar-refractivity contribution < 1.29 is 9.22 Å². The van der Waals surface area contributed by atoms with Crippen molar-refractivity contribution in [2.75, 3.05) is 0 Å². The average Bonchev–Trinajstić information content (AvgIpc) is 2.59. The first-order chi connectivity index (χ1) is 13.5. The van der Waals surface area contributed by atoms with Crippen LogP contribution < -0.4 is 0 Å². The zero-order chi connectivity index (χ0) is 22.2. The Hall–Kier alpha value is 0.571. The highest BCUT2D eigenvalue weighted by molar-refractivity contribution is 6.73. The Morgan fingerprint density at radius 2 is 1.10 bits per heavy atom. The van der Waals surface area contributed by atoms with Crippen molar-refractivity contribution >= 4 is 26.2 Å². The van der Waals surface area contributed by atoms with Gasteiger partial charge in [-0.1, -0.05) is 96.9 Å². The molecule has 0 fully saturated rings. The molecule has 0 atom stereocenters. The second-order valence-electron chi connectivity index (χ2n) is 11.0. The summed E-state index contributed by atoms with van der Waals surface area (Å²) in [5.41, 5.74) is 0. The first-order valence-electron chi connectivity index (χ1n) is 13.0. The van der Waals surface area contributed by atoms with E-state index in [1.54, 1.807) is 0 Å². The van der Waals surface area contributed by atoms with Crippen LogP contribution in [0.2, 0.25) is 43.8 Å². The van der Waals surface area contributed by atoms with Crippen molar-refractivity contribution in [3.8, 4) is 0 Å². The second-order valence-corrected chi connectivity index (χ2v) is 22.2. The summed E-state index contributed by atoms with van der Waals surface area (Å²) in [6, 6.07) is 5.00. The minimum atomic E-state index is -1.90. The lowest BCUT2D eigenvalue weighted by Gasteiger charge is -2.38. The highest BCUT2D eigenvalue weighted by Crippen LogP contribution is 2.30. The van der Waals surface area contributed by atoms with Gasteiger partial charge in [-0.2, -0.15) is 0 Å². The van der Waals surface area contributed by atoms with Gasteiger partial charge in [0.2, 0.25) is 0 Å². The van der Waals surface area contributed by atoms with Crippen LogP contribution in [0.3, 0.4) is 0 Å². The molecule has 5 heteroatoms. The van der Waals surface area contributed by atoms with Crippen LogP contribution in [0.15, 0.2) is 0 Å². The maximum atomic E-state index is 10.2. The van der Waals surface area contributed by atoms with E-state index in [9.17, 15) is 4.80 Å². The first kappa shape index (κ1) is 29.6. The van der Waals surface area contributed by atoms with Gasteiger partial charge in [-0.15, -0.1) is 0 Å². The second kappa shape index (κ2) is 16.2. The van der Waals surface area contributed by atoms with Gasteiger partial charge >= 0.3 is 0 Å². The van der Waals surface area contributed by atoms with Gasteiger partial charge in [0.15, 0.2) is 16.6 Å². The molecule has 1 N–H and O–H groups in total. The molecule has 0 aromatic heterocycles. The molecule has 0 unspecified atom stereocenters. The number of hydrogen-bond acceptors (Lipinski definition) is 2. The van der Waals surface area contributed by atoms with E-state index in [2.05, 4.69) is 47.3 Å². The summed E-state index contributed by atoms with van der Waals surface area (Å²) < 4.78 is 7.03. The third-order valence-electron chi connectivity index (χ3n) is 6.21. The zero-order valence-corrected chi connectivity index (χ0v) is 24.8. The molecule has 176 valence electrons. The standard InChI is InChI=1S/C24H56O2Si3/c1-8-10-12-14-16-18-21-29(7,22-19-17-15-13-11-9-2)26-24(3,4)27-20-23-28(5,6)25/h25H,8-23,27H2,1-7H3. The lowest BCUT2D eigenvalue weighted by molar-refractivity contribution is 0.178. The molecule has 0 aliphatic carbocycles. The molecule has 0 rings (SSSR count). The summed E-state index contributed by atoms with van der Waals surface area (Å²) in [6.07, 6.45) is 16.6. The molecule has 29 heavy (non-hydrogen) atoms. The molecule has 0 aliphatic heterocycles. The molecular formula is C24H56O2Si3. The fraction of sp³-hybridized carbons (Fsp3) is 1.00. The van der Waals surface area contributed by atoms with Crippen LogP contribution in [0.5, 0.6) is 0 Å². The highest BCUT2D eigenvalue weighted by atomic mass is 28.4. The van der Waals surface area contributed by atoms with E-state index < -0.39 is 16.6 Å². The topological polar surface area (TPSA) is 29.5 Å². The minimum Gasteiger partial charge on any atom is -0.432 e. The predicted octanol–water partition coefficient (Wildman–Crippen LogP) is 7.82. The van der Waals surface area contributed by atoms with Crippen molar-refractivity contribution in [1.29, 1.82) is 0 Å². The van der Waals surface area contributed by atoms with E-state index >= 15 is 0 Å². The highest BCUT2D eigenvalue weighted by Gasteiger charge is 2.35. The van der Waals surface area contributed by atoms with Crippen molar-refractivity contribution in [3.63, 3.8) is 0 Å². The number of rotatable bonds is 20. The molecule has 0 radical (unpaired) electrons. The van der Waals surface area contributed by atoms with Crippen molar-refractivity contribution in [2.45, 2.75) is 154 Å². The van der Waals surface area contributed by atoms with Gasteiger partial charge in [-0.3, -0.25) is 0 Å². The zero-order valence-electron chi connectivity index (χ0n) is 21.4. The van der Waals surface area contributed by atoms with E-state index in [1.807, 2.05) is 0 Å². The Kier molecular flexibility index (Phi) is 16.6. The van der Waals surface area contributed by atoms with Crippen molar-refractivity contribution in [2.24, 2.45) is 0 Å². The Bertz CT molecular complexity index is 365. The summed E-state index contributed by atoms with van der Waals surface area (Å²) in [5.74, 6) is 0. The Morgan fingerprint density at radius 1 is 0.690 bits per heavy atom. The van der Waals surface area contributed by atoms with Gasteiger partial charge in [-0.05, 0) is 51.6 Å². The van der Waals surface area contributed by atoms with Gasteiger partial charge < -0.3 is 9.22 Å². The van der Waals surface area contributed by atoms with Gasteiger partial charge in [0, 0.05) is 5.22 Å². The van der Waals surface area contributed by atoms with Crippen molar-refractivity contribution in [3.05, 3.63) is 0 Å². The molecule has 0 saturated carbocycles. The molecule has 0 heterocycles. The Balaban J connectivity index is 4.56. The van der Waals surface area contributed by atoms with E-state index in [1.165, 1.54) is 95.2 Å². The van der Waals surface area contributed by atoms with Gasteiger partial charge in [0.25, 0.3) is 0 Å². The van der Waals surface area contributed by atoms with Crippen LogP contribution in [0.4, 0.5) is 0 Å². The van der Waals surface area contributed by atoms with Crippen LogP contribution in [-0.4, -0.2) is 36.2 Å². The summed E-state index contributed by atoms with van der Waals surface area (Å²) in [5, 5.41) is 0.102. The molecule has 0 aromatic carbocycles. The van der Waals surface area contributed by atoms with Crippen LogP contribution in [-0.2, 0) is 4.43 Å². The van der Waals surface area contributed by atoms with E-state index in [0.29, 0.717) is 0 Å². The fourth-order valence-electron chi connectivity index (χ4n) is 4.45.